The van der Waals surface area contributed by atoms with Gasteiger partial charge in [-0.3, -0.25) is 9.98 Å². The highest BCUT2D eigenvalue weighted by Gasteiger charge is 2.11. The van der Waals surface area contributed by atoms with Crippen LogP contribution >= 0.6 is 0 Å². The van der Waals surface area contributed by atoms with Crippen molar-refractivity contribution in [3.63, 3.8) is 0 Å². The van der Waals surface area contributed by atoms with Crippen LogP contribution in [0.5, 0.6) is 0 Å². The average Bonchev–Trinajstić information content (AvgIpc) is 2.95. The van der Waals surface area contributed by atoms with E-state index in [1.165, 1.54) is 11.1 Å². The summed E-state index contributed by atoms with van der Waals surface area (Å²) in [6.45, 7) is 8.80. The predicted molar refractivity (Wildman–Crippen MR) is 168 cm³/mol. The number of hydrogen-bond donors (Lipinski definition) is 0. The van der Waals surface area contributed by atoms with Crippen molar-refractivity contribution < 1.29 is 0 Å². The Balaban J connectivity index is 2.28. The van der Waals surface area contributed by atoms with Crippen LogP contribution in [0.3, 0.4) is 0 Å². The van der Waals surface area contributed by atoms with Crippen molar-refractivity contribution in [2.45, 2.75) is 118 Å². The highest BCUT2D eigenvalue weighted by atomic mass is 14.8. The number of benzene rings is 2. The van der Waals surface area contributed by atoms with Crippen LogP contribution in [0.25, 0.3) is 0 Å². The van der Waals surface area contributed by atoms with Gasteiger partial charge >= 0.3 is 0 Å². The lowest BCUT2D eigenvalue weighted by molar-refractivity contribution is 0.836. The Labute approximate surface area is 233 Å². The summed E-state index contributed by atoms with van der Waals surface area (Å²) in [4.78, 5) is 10.5. The predicted octanol–water partition coefficient (Wildman–Crippen LogP) is 10.4. The van der Waals surface area contributed by atoms with E-state index >= 15 is 0 Å². The van der Waals surface area contributed by atoms with E-state index in [1.807, 2.05) is 0 Å². The van der Waals surface area contributed by atoms with Crippen molar-refractivity contribution in [3.8, 4) is 23.7 Å². The maximum atomic E-state index is 5.26. The van der Waals surface area contributed by atoms with Crippen LogP contribution in [0.4, 0.5) is 11.4 Å². The number of nitrogens with zero attached hydrogens (tertiary/aromatic N) is 2. The number of aryl methyl sites for hydroxylation is 2. The molecule has 0 saturated heterocycles. The van der Waals surface area contributed by atoms with Gasteiger partial charge in [0.2, 0.25) is 0 Å². The molecule has 0 radical (unpaired) electrons. The second kappa shape index (κ2) is 19.9. The van der Waals surface area contributed by atoms with Gasteiger partial charge in [-0.15, -0.1) is 23.7 Å². The Bertz CT molecular complexity index is 1130. The minimum Gasteiger partial charge on any atom is -0.251 e. The van der Waals surface area contributed by atoms with E-state index in [9.17, 15) is 0 Å². The van der Waals surface area contributed by atoms with Crippen LogP contribution in [0, 0.1) is 23.7 Å². The molecular weight excluding hydrogens is 460 g/mol. The van der Waals surface area contributed by atoms with Crippen LogP contribution in [-0.4, -0.2) is 11.4 Å². The molecule has 202 valence electrons. The van der Waals surface area contributed by atoms with Crippen molar-refractivity contribution in [1.29, 1.82) is 0 Å². The second-order valence-electron chi connectivity index (χ2n) is 9.75. The summed E-state index contributed by atoms with van der Waals surface area (Å²) in [5.41, 5.74) is 7.00. The van der Waals surface area contributed by atoms with Gasteiger partial charge < -0.3 is 0 Å². The maximum Gasteiger partial charge on any atom is 0.0665 e. The topological polar surface area (TPSA) is 24.7 Å². The fraction of sp³-hybridized carbons (Fsp3) is 0.500. The van der Waals surface area contributed by atoms with Crippen LogP contribution in [0.1, 0.15) is 116 Å². The van der Waals surface area contributed by atoms with Gasteiger partial charge in [-0.05, 0) is 81.0 Å². The van der Waals surface area contributed by atoms with E-state index in [-0.39, 0.29) is 0 Å². The zero-order chi connectivity index (χ0) is 27.3. The quantitative estimate of drug-likeness (QED) is 0.130. The summed E-state index contributed by atoms with van der Waals surface area (Å²) in [6, 6.07) is 17.2. The molecule has 0 bridgehead atoms. The minimum absolute atomic E-state index is 0.870. The van der Waals surface area contributed by atoms with Crippen LogP contribution < -0.4 is 0 Å². The van der Waals surface area contributed by atoms with Crippen molar-refractivity contribution in [3.05, 3.63) is 59.7 Å². The zero-order valence-electron chi connectivity index (χ0n) is 24.4. The summed E-state index contributed by atoms with van der Waals surface area (Å²) in [5.74, 6) is 13.2. The van der Waals surface area contributed by atoms with Crippen LogP contribution in [0.15, 0.2) is 58.5 Å². The van der Waals surface area contributed by atoms with Gasteiger partial charge in [0, 0.05) is 25.7 Å². The molecule has 2 aromatic carbocycles. The van der Waals surface area contributed by atoms with Gasteiger partial charge in [0.1, 0.15) is 0 Å². The first kappa shape index (κ1) is 31.1. The lowest BCUT2D eigenvalue weighted by Crippen LogP contribution is -2.13. The summed E-state index contributed by atoms with van der Waals surface area (Å²) >= 11 is 0. The third-order valence-corrected chi connectivity index (χ3v) is 6.42. The highest BCUT2D eigenvalue weighted by molar-refractivity contribution is 6.43. The molecular formula is C36H48N2. The Kier molecular flexibility index (Phi) is 16.3. The minimum atomic E-state index is 0.870. The first-order valence-electron chi connectivity index (χ1n) is 15.0. The first-order valence-corrected chi connectivity index (χ1v) is 15.0. The number of aliphatic imine (C=N–C) groups is 2. The molecule has 0 unspecified atom stereocenters. The van der Waals surface area contributed by atoms with E-state index < -0.39 is 0 Å². The van der Waals surface area contributed by atoms with Crippen molar-refractivity contribution >= 4 is 22.8 Å². The van der Waals surface area contributed by atoms with Crippen LogP contribution in [0.2, 0.25) is 0 Å². The normalized spacial score (nSPS) is 11.5. The molecule has 0 aliphatic heterocycles. The van der Waals surface area contributed by atoms with Gasteiger partial charge in [0.25, 0.3) is 0 Å². The molecule has 0 amide bonds. The number of unbranched alkanes of at least 4 members (excludes halogenated alkanes) is 5. The molecule has 0 spiro atoms. The number of rotatable bonds is 15. The Morgan fingerprint density at radius 3 is 1.50 bits per heavy atom. The highest BCUT2D eigenvalue weighted by Crippen LogP contribution is 2.25. The van der Waals surface area contributed by atoms with Crippen molar-refractivity contribution in [2.24, 2.45) is 9.98 Å². The number of hydrogen-bond acceptors (Lipinski definition) is 2. The van der Waals surface area contributed by atoms with Crippen LogP contribution in [-0.2, 0) is 12.8 Å². The maximum absolute atomic E-state index is 5.26. The Hall–Kier alpha value is -3.10. The third-order valence-electron chi connectivity index (χ3n) is 6.42. The lowest BCUT2D eigenvalue weighted by Gasteiger charge is -2.12. The zero-order valence-corrected chi connectivity index (χ0v) is 24.4. The fourth-order valence-corrected chi connectivity index (χ4v) is 4.25. The van der Waals surface area contributed by atoms with Gasteiger partial charge in [-0.2, -0.15) is 0 Å². The van der Waals surface area contributed by atoms with E-state index in [1.54, 1.807) is 0 Å². The summed E-state index contributed by atoms with van der Waals surface area (Å²) in [6.07, 6.45) is 14.4. The van der Waals surface area contributed by atoms with E-state index in [4.69, 9.17) is 9.98 Å². The molecule has 0 aliphatic rings. The molecule has 0 atom stereocenters. The van der Waals surface area contributed by atoms with Gasteiger partial charge in [0.05, 0.1) is 22.8 Å². The molecule has 0 fully saturated rings. The molecule has 2 aromatic rings. The molecule has 0 aromatic heterocycles. The van der Waals surface area contributed by atoms with Gasteiger partial charge in [0.15, 0.2) is 0 Å². The summed E-state index contributed by atoms with van der Waals surface area (Å²) in [7, 11) is 0. The van der Waals surface area contributed by atoms with E-state index in [2.05, 4.69) is 99.9 Å². The summed E-state index contributed by atoms with van der Waals surface area (Å²) in [5, 5.41) is 0. The largest absolute Gasteiger partial charge is 0.251 e. The third kappa shape index (κ3) is 12.0. The second-order valence-corrected chi connectivity index (χ2v) is 9.75. The molecule has 38 heavy (non-hydrogen) atoms. The average molecular weight is 509 g/mol. The smallest absolute Gasteiger partial charge is 0.0665 e. The SMILES string of the molecule is CCCC#CCCCc1ccccc1N=C(CC)C(CCCC)=Nc1ccccc1CCCC#CCCC. The van der Waals surface area contributed by atoms with E-state index in [0.717, 1.165) is 113 Å². The Morgan fingerprint density at radius 1 is 0.553 bits per heavy atom. The molecule has 2 rings (SSSR count). The van der Waals surface area contributed by atoms with Crippen molar-refractivity contribution in [2.75, 3.05) is 0 Å². The number of para-hydroxylation sites is 2. The van der Waals surface area contributed by atoms with E-state index in [0.29, 0.717) is 0 Å². The Morgan fingerprint density at radius 2 is 1.03 bits per heavy atom. The molecule has 2 heteroatoms. The standard InChI is InChI=1S/C36H48N2/c1-5-9-12-14-16-18-24-31-26-20-22-29-34(31)37-33(8-4)36(28-11-7-3)38-35-30-23-21-27-32(35)25-19-17-15-13-10-6-2/h20-23,26-27,29-30H,5-11,16-19,24-25,28H2,1-4H3. The molecule has 0 N–H and O–H groups in total. The first-order chi connectivity index (χ1) is 18.7. The van der Waals surface area contributed by atoms with Crippen molar-refractivity contribution in [1.82, 2.24) is 0 Å². The van der Waals surface area contributed by atoms with Gasteiger partial charge in [-0.25, -0.2) is 0 Å². The molecule has 0 heterocycles. The molecule has 0 aliphatic carbocycles. The van der Waals surface area contributed by atoms with Gasteiger partial charge in [-0.1, -0.05) is 70.5 Å². The molecule has 0 saturated carbocycles. The monoisotopic (exact) mass is 508 g/mol. The lowest BCUT2D eigenvalue weighted by atomic mass is 10.0. The summed E-state index contributed by atoms with van der Waals surface area (Å²) < 4.78 is 0. The fourth-order valence-electron chi connectivity index (χ4n) is 4.25. The molecule has 2 nitrogen and oxygen atoms in total.